The van der Waals surface area contributed by atoms with Crippen LogP contribution in [-0.2, 0) is 0 Å². The molecule has 2 aromatic heterocycles. The van der Waals surface area contributed by atoms with Gasteiger partial charge in [0.15, 0.2) is 17.2 Å². The van der Waals surface area contributed by atoms with Crippen LogP contribution in [0.4, 0.5) is 14.6 Å². The lowest BCUT2D eigenvalue weighted by atomic mass is 10.1. The highest BCUT2D eigenvalue weighted by molar-refractivity contribution is 7.11. The zero-order chi connectivity index (χ0) is 20.1. The minimum Gasteiger partial charge on any atom is -0.395 e. The van der Waals surface area contributed by atoms with Gasteiger partial charge >= 0.3 is 6.29 Å². The van der Waals surface area contributed by atoms with Crippen molar-refractivity contribution in [3.8, 4) is 22.6 Å². The number of hydrogen-bond donors (Lipinski definition) is 1. The van der Waals surface area contributed by atoms with Crippen LogP contribution in [0.2, 0.25) is 14.4 Å². The lowest BCUT2D eigenvalue weighted by Gasteiger charge is -2.07. The van der Waals surface area contributed by atoms with E-state index in [1.54, 1.807) is 6.07 Å². The number of benzene rings is 1. The first-order chi connectivity index (χ1) is 13.2. The van der Waals surface area contributed by atoms with Crippen LogP contribution in [0.25, 0.3) is 11.1 Å². The summed E-state index contributed by atoms with van der Waals surface area (Å²) in [7, 11) is 0. The lowest BCUT2D eigenvalue weighted by Crippen LogP contribution is -2.25. The molecule has 0 spiro atoms. The lowest BCUT2D eigenvalue weighted by molar-refractivity contribution is -0.286. The van der Waals surface area contributed by atoms with Crippen molar-refractivity contribution in [2.24, 2.45) is 0 Å². The van der Waals surface area contributed by atoms with Gasteiger partial charge in [-0.15, -0.1) is 8.78 Å². The minimum absolute atomic E-state index is 0.0118. The molecule has 0 saturated heterocycles. The van der Waals surface area contributed by atoms with Crippen LogP contribution in [0.15, 0.2) is 30.5 Å². The zero-order valence-corrected chi connectivity index (χ0v) is 16.4. The van der Waals surface area contributed by atoms with Crippen molar-refractivity contribution in [3.05, 3.63) is 50.5 Å². The van der Waals surface area contributed by atoms with E-state index in [1.807, 2.05) is 0 Å². The fraction of sp³-hybridized carbons (Fsp3) is 0.0625. The van der Waals surface area contributed by atoms with Gasteiger partial charge in [-0.3, -0.25) is 4.79 Å². The third-order valence-electron chi connectivity index (χ3n) is 3.62. The molecule has 144 valence electrons. The summed E-state index contributed by atoms with van der Waals surface area (Å²) in [6.07, 6.45) is -2.33. The molecule has 3 aromatic rings. The molecule has 0 radical (unpaired) electrons. The molecule has 1 N–H and O–H groups in total. The summed E-state index contributed by atoms with van der Waals surface area (Å²) < 4.78 is 39.2. The first-order valence-corrected chi connectivity index (χ1v) is 9.32. The summed E-state index contributed by atoms with van der Waals surface area (Å²) >= 11 is 18.7. The van der Waals surface area contributed by atoms with Crippen molar-refractivity contribution in [1.82, 2.24) is 9.36 Å². The van der Waals surface area contributed by atoms with E-state index in [0.29, 0.717) is 11.1 Å². The quantitative estimate of drug-likeness (QED) is 0.535. The number of alkyl halides is 2. The van der Waals surface area contributed by atoms with Crippen LogP contribution in [-0.4, -0.2) is 21.6 Å². The van der Waals surface area contributed by atoms with E-state index >= 15 is 0 Å². The Kier molecular flexibility index (Phi) is 4.78. The molecule has 1 aliphatic rings. The van der Waals surface area contributed by atoms with Gasteiger partial charge in [0.2, 0.25) is 0 Å². The summed E-state index contributed by atoms with van der Waals surface area (Å²) in [4.78, 5) is 16.3. The predicted molar refractivity (Wildman–Crippen MR) is 101 cm³/mol. The second-order valence-corrected chi connectivity index (χ2v) is 7.61. The largest absolute Gasteiger partial charge is 0.586 e. The number of nitrogens with zero attached hydrogens (tertiary/aromatic N) is 2. The number of amides is 1. The second-order valence-electron chi connectivity index (χ2n) is 5.45. The second kappa shape index (κ2) is 7.00. The van der Waals surface area contributed by atoms with Gasteiger partial charge in [-0.2, -0.15) is 4.37 Å². The molecule has 1 aliphatic heterocycles. The van der Waals surface area contributed by atoms with E-state index in [4.69, 9.17) is 34.8 Å². The van der Waals surface area contributed by atoms with E-state index in [0.717, 1.165) is 11.5 Å². The van der Waals surface area contributed by atoms with E-state index in [9.17, 15) is 13.6 Å². The predicted octanol–water partition coefficient (Wildman–Crippen LogP) is 5.74. The summed E-state index contributed by atoms with van der Waals surface area (Å²) in [5.41, 5.74) is 0.906. The number of anilines is 1. The third-order valence-corrected chi connectivity index (χ3v) is 5.54. The molecule has 4 rings (SSSR count). The van der Waals surface area contributed by atoms with Gasteiger partial charge in [-0.05, 0) is 29.7 Å². The topological polar surface area (TPSA) is 73.3 Å². The van der Waals surface area contributed by atoms with E-state index < -0.39 is 12.2 Å². The minimum atomic E-state index is -3.74. The highest BCUT2D eigenvalue weighted by atomic mass is 35.5. The molecule has 1 amide bonds. The fourth-order valence-electron chi connectivity index (χ4n) is 2.40. The Labute approximate surface area is 175 Å². The Morgan fingerprint density at radius 2 is 1.86 bits per heavy atom. The van der Waals surface area contributed by atoms with Crippen LogP contribution in [0.1, 0.15) is 10.5 Å². The Balaban J connectivity index is 1.56. The van der Waals surface area contributed by atoms with Crippen LogP contribution < -0.4 is 14.8 Å². The van der Waals surface area contributed by atoms with Gasteiger partial charge in [0.25, 0.3) is 5.91 Å². The maximum atomic E-state index is 13.2. The summed E-state index contributed by atoms with van der Waals surface area (Å²) in [6.45, 7) is 0. The van der Waals surface area contributed by atoms with Gasteiger partial charge in [0.1, 0.15) is 15.2 Å². The van der Waals surface area contributed by atoms with Crippen molar-refractivity contribution in [1.29, 1.82) is 0 Å². The Bertz CT molecular complexity index is 1090. The molecule has 28 heavy (non-hydrogen) atoms. The number of hydrogen-bond acceptors (Lipinski definition) is 6. The van der Waals surface area contributed by atoms with Crippen molar-refractivity contribution in [2.45, 2.75) is 6.29 Å². The highest BCUT2D eigenvalue weighted by Gasteiger charge is 2.43. The van der Waals surface area contributed by atoms with Gasteiger partial charge < -0.3 is 14.8 Å². The number of rotatable bonds is 3. The number of halogens is 5. The smallest absolute Gasteiger partial charge is 0.395 e. The Hall–Kier alpha value is -2.20. The number of fused-ring (bicyclic) bond motifs is 1. The first kappa shape index (κ1) is 19.1. The number of pyridine rings is 1. The van der Waals surface area contributed by atoms with E-state index in [-0.39, 0.29) is 37.4 Å². The standard InChI is InChI=1S/C16H6Cl3F2N3O3S/c17-8-4-10-9(26-16(20,21)27-10)3-7(8)6-1-2-11(22-5-6)23-15(25)13-12(18)14(19)28-24-13/h1-5H,(H,22,23,25). The van der Waals surface area contributed by atoms with E-state index in [1.165, 1.54) is 24.4 Å². The Morgan fingerprint density at radius 3 is 2.46 bits per heavy atom. The molecular formula is C16H6Cl3F2N3O3S. The molecule has 1 aromatic carbocycles. The molecule has 0 unspecified atom stereocenters. The Morgan fingerprint density at radius 1 is 1.14 bits per heavy atom. The summed E-state index contributed by atoms with van der Waals surface area (Å²) in [5.74, 6) is -0.652. The van der Waals surface area contributed by atoms with Gasteiger partial charge in [-0.25, -0.2) is 4.98 Å². The fourth-order valence-corrected chi connectivity index (χ4v) is 3.66. The highest BCUT2D eigenvalue weighted by Crippen LogP contribution is 2.46. The number of ether oxygens (including phenoxy) is 2. The average Bonchev–Trinajstić information content (AvgIpc) is 3.12. The van der Waals surface area contributed by atoms with Crippen LogP contribution >= 0.6 is 46.3 Å². The van der Waals surface area contributed by atoms with Crippen LogP contribution in [0.3, 0.4) is 0 Å². The molecule has 6 nitrogen and oxygen atoms in total. The van der Waals surface area contributed by atoms with Crippen molar-refractivity contribution in [2.75, 3.05) is 5.32 Å². The van der Waals surface area contributed by atoms with Crippen molar-refractivity contribution in [3.63, 3.8) is 0 Å². The van der Waals surface area contributed by atoms with Gasteiger partial charge in [-0.1, -0.05) is 34.8 Å². The molecule has 0 fully saturated rings. The molecule has 0 bridgehead atoms. The summed E-state index contributed by atoms with van der Waals surface area (Å²) in [5, 5.41) is 2.76. The number of carbonyl (C=O) groups excluding carboxylic acids is 1. The number of carbonyl (C=O) groups is 1. The molecule has 0 aliphatic carbocycles. The van der Waals surface area contributed by atoms with Gasteiger partial charge in [0, 0.05) is 23.4 Å². The molecule has 12 heteroatoms. The third kappa shape index (κ3) is 3.58. The maximum absolute atomic E-state index is 13.2. The van der Waals surface area contributed by atoms with Crippen LogP contribution in [0.5, 0.6) is 11.5 Å². The maximum Gasteiger partial charge on any atom is 0.586 e. The number of aromatic nitrogens is 2. The van der Waals surface area contributed by atoms with E-state index in [2.05, 4.69) is 24.1 Å². The van der Waals surface area contributed by atoms with Gasteiger partial charge in [0.05, 0.1) is 5.02 Å². The average molecular weight is 465 g/mol. The zero-order valence-electron chi connectivity index (χ0n) is 13.3. The molecular weight excluding hydrogens is 459 g/mol. The molecule has 0 atom stereocenters. The normalized spacial score (nSPS) is 14.2. The van der Waals surface area contributed by atoms with Crippen molar-refractivity contribution >= 4 is 58.1 Å². The van der Waals surface area contributed by atoms with Crippen LogP contribution in [0, 0.1) is 0 Å². The number of nitrogens with one attached hydrogen (secondary N) is 1. The molecule has 0 saturated carbocycles. The first-order valence-electron chi connectivity index (χ1n) is 7.41. The SMILES string of the molecule is O=C(Nc1ccc(-c2cc3c(cc2Cl)OC(F)(F)O3)cn1)c1nsc(Cl)c1Cl. The molecule has 3 heterocycles. The van der Waals surface area contributed by atoms with Crippen molar-refractivity contribution < 1.29 is 23.0 Å². The summed E-state index contributed by atoms with van der Waals surface area (Å²) in [6, 6.07) is 5.66. The monoisotopic (exact) mass is 463 g/mol.